The first kappa shape index (κ1) is 17.9. The number of carboxylic acid groups (broad SMARTS) is 1. The van der Waals surface area contributed by atoms with E-state index in [0.717, 1.165) is 34.7 Å². The summed E-state index contributed by atoms with van der Waals surface area (Å²) in [6.07, 6.45) is 11.7. The quantitative estimate of drug-likeness (QED) is 0.698. The fourth-order valence-electron chi connectivity index (χ4n) is 4.15. The van der Waals surface area contributed by atoms with Crippen LogP contribution < -0.4 is 0 Å². The van der Waals surface area contributed by atoms with E-state index in [1.54, 1.807) is 6.08 Å². The summed E-state index contributed by atoms with van der Waals surface area (Å²) in [5.74, 6) is 0.236. The van der Waals surface area contributed by atoms with Gasteiger partial charge in [0.05, 0.1) is 12.5 Å². The van der Waals surface area contributed by atoms with Gasteiger partial charge in [0.1, 0.15) is 11.3 Å². The maximum atomic E-state index is 11.6. The lowest BCUT2D eigenvalue weighted by Gasteiger charge is -2.21. The molecule has 5 nitrogen and oxygen atoms in total. The van der Waals surface area contributed by atoms with Crippen molar-refractivity contribution in [3.63, 3.8) is 0 Å². The summed E-state index contributed by atoms with van der Waals surface area (Å²) in [5.41, 5.74) is 5.29. The Kier molecular flexibility index (Phi) is 4.31. The van der Waals surface area contributed by atoms with Crippen molar-refractivity contribution in [1.82, 2.24) is 14.5 Å². The monoisotopic (exact) mass is 385 g/mol. The minimum atomic E-state index is -0.792. The normalized spacial score (nSPS) is 21.0. The third-order valence-corrected chi connectivity index (χ3v) is 5.93. The van der Waals surface area contributed by atoms with Gasteiger partial charge in [-0.25, -0.2) is 9.97 Å². The molecule has 0 radical (unpaired) electrons. The lowest BCUT2D eigenvalue weighted by molar-refractivity contribution is -0.140. The maximum Gasteiger partial charge on any atom is 0.311 e. The number of carboxylic acids is 1. The number of aliphatic carboxylic acids is 1. The topological polar surface area (TPSA) is 68.0 Å². The van der Waals surface area contributed by atoms with Gasteiger partial charge in [0.2, 0.25) is 0 Å². The molecule has 0 amide bonds. The fourth-order valence-corrected chi connectivity index (χ4v) is 4.15. The van der Waals surface area contributed by atoms with E-state index in [1.165, 1.54) is 18.4 Å². The molecule has 2 heterocycles. The zero-order valence-corrected chi connectivity index (χ0v) is 16.3. The lowest BCUT2D eigenvalue weighted by Crippen LogP contribution is -2.20. The van der Waals surface area contributed by atoms with Gasteiger partial charge < -0.3 is 9.67 Å². The van der Waals surface area contributed by atoms with Crippen LogP contribution in [0.25, 0.3) is 11.2 Å². The molecule has 29 heavy (non-hydrogen) atoms. The third kappa shape index (κ3) is 3.27. The first-order valence-electron chi connectivity index (χ1n) is 10.1. The van der Waals surface area contributed by atoms with Crippen molar-refractivity contribution in [3.05, 3.63) is 83.3 Å². The average molecular weight is 385 g/mol. The van der Waals surface area contributed by atoms with E-state index in [1.807, 2.05) is 42.6 Å². The highest BCUT2D eigenvalue weighted by molar-refractivity contribution is 5.76. The van der Waals surface area contributed by atoms with E-state index < -0.39 is 11.9 Å². The van der Waals surface area contributed by atoms with E-state index in [2.05, 4.69) is 28.6 Å². The van der Waals surface area contributed by atoms with Crippen LogP contribution in [0.2, 0.25) is 0 Å². The molecular formula is C24H23N3O2. The average Bonchev–Trinajstić information content (AvgIpc) is 3.51. The van der Waals surface area contributed by atoms with Crippen LogP contribution in [0.1, 0.15) is 47.2 Å². The molecule has 0 aliphatic heterocycles. The second-order valence-corrected chi connectivity index (χ2v) is 8.03. The minimum Gasteiger partial charge on any atom is -0.481 e. The van der Waals surface area contributed by atoms with Crippen LogP contribution in [0, 0.1) is 12.8 Å². The molecule has 0 bridgehead atoms. The molecule has 1 unspecified atom stereocenters. The van der Waals surface area contributed by atoms with Crippen molar-refractivity contribution < 1.29 is 9.90 Å². The lowest BCUT2D eigenvalue weighted by atomic mass is 9.83. The van der Waals surface area contributed by atoms with Gasteiger partial charge in [-0.05, 0) is 42.5 Å². The van der Waals surface area contributed by atoms with Gasteiger partial charge in [-0.15, -0.1) is 0 Å². The van der Waals surface area contributed by atoms with Crippen molar-refractivity contribution in [2.45, 2.75) is 38.1 Å². The van der Waals surface area contributed by atoms with Crippen LogP contribution in [0.5, 0.6) is 0 Å². The van der Waals surface area contributed by atoms with E-state index in [-0.39, 0.29) is 5.92 Å². The predicted octanol–water partition coefficient (Wildman–Crippen LogP) is 4.58. The van der Waals surface area contributed by atoms with Gasteiger partial charge >= 0.3 is 5.97 Å². The molecule has 5 heteroatoms. The van der Waals surface area contributed by atoms with Crippen LogP contribution in [-0.2, 0) is 11.3 Å². The Morgan fingerprint density at radius 3 is 2.62 bits per heavy atom. The highest BCUT2D eigenvalue weighted by Gasteiger charge is 2.30. The number of aromatic nitrogens is 3. The van der Waals surface area contributed by atoms with E-state index in [0.29, 0.717) is 5.92 Å². The summed E-state index contributed by atoms with van der Waals surface area (Å²) in [4.78, 5) is 21.1. The highest BCUT2D eigenvalue weighted by Crippen LogP contribution is 2.41. The Morgan fingerprint density at radius 2 is 1.90 bits per heavy atom. The standard InChI is InChI=1S/C24H23N3O2/c1-15-12-13-25-23-21(15)26-22(18-10-11-18)27(23)14-16-6-8-17(9-7-16)19-4-2-3-5-20(19)24(28)29/h2-9,12-13,18-20H,10-11,14H2,1H3,(H,28,29)/t19-,20?/m0/s1. The molecule has 5 rings (SSSR count). The van der Waals surface area contributed by atoms with Crippen molar-refractivity contribution in [1.29, 1.82) is 0 Å². The van der Waals surface area contributed by atoms with Gasteiger partial charge in [0, 0.05) is 18.0 Å². The first-order chi connectivity index (χ1) is 14.1. The van der Waals surface area contributed by atoms with Gasteiger partial charge in [-0.3, -0.25) is 4.79 Å². The summed E-state index contributed by atoms with van der Waals surface area (Å²) in [6.45, 7) is 2.81. The number of hydrogen-bond acceptors (Lipinski definition) is 3. The number of pyridine rings is 1. The molecule has 3 aromatic rings. The molecular weight excluding hydrogens is 362 g/mol. The van der Waals surface area contributed by atoms with Gasteiger partial charge in [0.25, 0.3) is 0 Å². The summed E-state index contributed by atoms with van der Waals surface area (Å²) in [5, 5.41) is 9.50. The number of fused-ring (bicyclic) bond motifs is 1. The number of benzene rings is 1. The molecule has 2 atom stereocenters. The van der Waals surface area contributed by atoms with Crippen molar-refractivity contribution in [2.24, 2.45) is 5.92 Å². The molecule has 2 aromatic heterocycles. The Morgan fingerprint density at radius 1 is 1.14 bits per heavy atom. The third-order valence-electron chi connectivity index (χ3n) is 5.93. The second-order valence-electron chi connectivity index (χ2n) is 8.03. The molecule has 146 valence electrons. The van der Waals surface area contributed by atoms with Crippen molar-refractivity contribution in [3.8, 4) is 0 Å². The minimum absolute atomic E-state index is 0.132. The summed E-state index contributed by atoms with van der Waals surface area (Å²) >= 11 is 0. The highest BCUT2D eigenvalue weighted by atomic mass is 16.4. The van der Waals surface area contributed by atoms with Crippen LogP contribution in [0.15, 0.2) is 60.8 Å². The Balaban J connectivity index is 1.46. The van der Waals surface area contributed by atoms with Crippen LogP contribution in [0.4, 0.5) is 0 Å². The molecule has 2 aliphatic rings. The van der Waals surface area contributed by atoms with Gasteiger partial charge in [-0.2, -0.15) is 0 Å². The van der Waals surface area contributed by atoms with Crippen molar-refractivity contribution in [2.75, 3.05) is 0 Å². The number of imidazole rings is 1. The molecule has 0 spiro atoms. The molecule has 2 aliphatic carbocycles. The van der Waals surface area contributed by atoms with Gasteiger partial charge in [-0.1, -0.05) is 48.6 Å². The summed E-state index contributed by atoms with van der Waals surface area (Å²) in [6, 6.07) is 10.3. The molecule has 0 saturated heterocycles. The Labute approximate surface area is 169 Å². The van der Waals surface area contributed by atoms with Crippen LogP contribution in [0.3, 0.4) is 0 Å². The zero-order chi connectivity index (χ0) is 20.0. The zero-order valence-electron chi connectivity index (χ0n) is 16.3. The molecule has 1 aromatic carbocycles. The second kappa shape index (κ2) is 6.99. The molecule has 1 saturated carbocycles. The number of aryl methyl sites for hydroxylation is 1. The Hall–Kier alpha value is -3.21. The van der Waals surface area contributed by atoms with Crippen LogP contribution in [-0.4, -0.2) is 25.6 Å². The number of rotatable bonds is 5. The Bertz CT molecular complexity index is 1140. The smallest absolute Gasteiger partial charge is 0.311 e. The van der Waals surface area contributed by atoms with Gasteiger partial charge in [0.15, 0.2) is 5.65 Å². The van der Waals surface area contributed by atoms with E-state index in [4.69, 9.17) is 4.98 Å². The maximum absolute atomic E-state index is 11.6. The number of hydrogen-bond donors (Lipinski definition) is 1. The predicted molar refractivity (Wildman–Crippen MR) is 112 cm³/mol. The summed E-state index contributed by atoms with van der Waals surface area (Å²) < 4.78 is 2.25. The molecule has 1 N–H and O–H groups in total. The van der Waals surface area contributed by atoms with Crippen molar-refractivity contribution >= 4 is 17.1 Å². The van der Waals surface area contributed by atoms with E-state index in [9.17, 15) is 9.90 Å². The number of carbonyl (C=O) groups is 1. The largest absolute Gasteiger partial charge is 0.481 e. The van der Waals surface area contributed by atoms with Crippen LogP contribution >= 0.6 is 0 Å². The molecule has 1 fully saturated rings. The van der Waals surface area contributed by atoms with E-state index >= 15 is 0 Å². The SMILES string of the molecule is Cc1ccnc2c1nc(C1CC1)n2Cc1ccc([C@@H]2C=CC=CC2C(=O)O)cc1. The fraction of sp³-hybridized carbons (Fsp3) is 0.292. The number of allylic oxidation sites excluding steroid dienone is 3. The summed E-state index contributed by atoms with van der Waals surface area (Å²) in [7, 11) is 0. The first-order valence-corrected chi connectivity index (χ1v) is 10.1. The number of nitrogens with zero attached hydrogens (tertiary/aromatic N) is 3.